The SMILES string of the molecule is CCC(C)c1ccc(NC(=O)c2sc3nc(-c4cccc(OC)c4)ccc3c2N)cc1. The van der Waals surface area contributed by atoms with E-state index in [1.807, 2.05) is 48.5 Å². The average molecular weight is 432 g/mol. The summed E-state index contributed by atoms with van der Waals surface area (Å²) in [6.07, 6.45) is 1.08. The number of rotatable bonds is 6. The molecule has 3 N–H and O–H groups in total. The Kier molecular flexibility index (Phi) is 5.91. The third-order valence-electron chi connectivity index (χ3n) is 5.52. The summed E-state index contributed by atoms with van der Waals surface area (Å²) in [5, 5.41) is 3.74. The molecule has 1 amide bonds. The van der Waals surface area contributed by atoms with Gasteiger partial charge in [-0.1, -0.05) is 38.1 Å². The highest BCUT2D eigenvalue weighted by molar-refractivity contribution is 7.21. The summed E-state index contributed by atoms with van der Waals surface area (Å²) in [4.78, 5) is 18.8. The number of fused-ring (bicyclic) bond motifs is 1. The summed E-state index contributed by atoms with van der Waals surface area (Å²) >= 11 is 1.30. The number of methoxy groups -OCH3 is 1. The molecule has 158 valence electrons. The van der Waals surface area contributed by atoms with Gasteiger partial charge in [-0.2, -0.15) is 0 Å². The number of carbonyl (C=O) groups is 1. The number of aromatic nitrogens is 1. The van der Waals surface area contributed by atoms with Gasteiger partial charge >= 0.3 is 0 Å². The topological polar surface area (TPSA) is 77.2 Å². The molecule has 6 heteroatoms. The van der Waals surface area contributed by atoms with Crippen LogP contribution in [0.2, 0.25) is 0 Å². The molecule has 0 aliphatic carbocycles. The standard InChI is InChI=1S/C25H25N3O2S/c1-4-15(2)16-8-10-18(11-9-16)27-24(29)23-22(26)20-12-13-21(28-25(20)31-23)17-6-5-7-19(14-17)30-3/h5-15H,4,26H2,1-3H3,(H,27,29). The lowest BCUT2D eigenvalue weighted by atomic mass is 9.99. The second-order valence-electron chi connectivity index (χ2n) is 7.51. The molecule has 2 aromatic carbocycles. The van der Waals surface area contributed by atoms with Crippen molar-refractivity contribution >= 4 is 38.8 Å². The molecule has 5 nitrogen and oxygen atoms in total. The molecule has 31 heavy (non-hydrogen) atoms. The molecule has 0 fully saturated rings. The van der Waals surface area contributed by atoms with Crippen molar-refractivity contribution in [2.75, 3.05) is 18.2 Å². The molecular weight excluding hydrogens is 406 g/mol. The minimum Gasteiger partial charge on any atom is -0.497 e. The van der Waals surface area contributed by atoms with Crippen molar-refractivity contribution in [3.63, 3.8) is 0 Å². The van der Waals surface area contributed by atoms with Crippen molar-refractivity contribution in [3.8, 4) is 17.0 Å². The molecule has 1 atom stereocenters. The molecule has 0 saturated heterocycles. The number of benzene rings is 2. The second-order valence-corrected chi connectivity index (χ2v) is 8.51. The van der Waals surface area contributed by atoms with Crippen LogP contribution in [0, 0.1) is 0 Å². The van der Waals surface area contributed by atoms with Crippen LogP contribution in [0.5, 0.6) is 5.75 Å². The van der Waals surface area contributed by atoms with E-state index in [-0.39, 0.29) is 5.91 Å². The smallest absolute Gasteiger partial charge is 0.267 e. The van der Waals surface area contributed by atoms with Crippen molar-refractivity contribution in [1.29, 1.82) is 0 Å². The molecule has 2 heterocycles. The Bertz CT molecular complexity index is 1230. The maximum absolute atomic E-state index is 12.9. The van der Waals surface area contributed by atoms with Gasteiger partial charge in [-0.05, 0) is 54.3 Å². The number of nitrogens with two attached hydrogens (primary N) is 1. The number of carbonyl (C=O) groups excluding carboxylic acids is 1. The number of nitrogen functional groups attached to an aromatic ring is 1. The molecule has 4 aromatic rings. The largest absolute Gasteiger partial charge is 0.497 e. The van der Waals surface area contributed by atoms with E-state index in [2.05, 4.69) is 31.3 Å². The van der Waals surface area contributed by atoms with Gasteiger partial charge in [0.1, 0.15) is 15.5 Å². The summed E-state index contributed by atoms with van der Waals surface area (Å²) in [6, 6.07) is 19.5. The summed E-state index contributed by atoms with van der Waals surface area (Å²) < 4.78 is 5.30. The maximum atomic E-state index is 12.9. The number of amides is 1. The van der Waals surface area contributed by atoms with E-state index < -0.39 is 0 Å². The van der Waals surface area contributed by atoms with Gasteiger partial charge in [-0.3, -0.25) is 4.79 Å². The van der Waals surface area contributed by atoms with E-state index in [0.717, 1.165) is 39.3 Å². The number of hydrogen-bond acceptors (Lipinski definition) is 5. The van der Waals surface area contributed by atoms with Crippen molar-refractivity contribution in [2.45, 2.75) is 26.2 Å². The van der Waals surface area contributed by atoms with Crippen LogP contribution >= 0.6 is 11.3 Å². The van der Waals surface area contributed by atoms with Gasteiger partial charge in [0.05, 0.1) is 18.5 Å². The molecular formula is C25H25N3O2S. The molecule has 2 aromatic heterocycles. The van der Waals surface area contributed by atoms with E-state index in [4.69, 9.17) is 15.5 Å². The molecule has 0 bridgehead atoms. The van der Waals surface area contributed by atoms with Crippen LogP contribution in [0.4, 0.5) is 11.4 Å². The quantitative estimate of drug-likeness (QED) is 0.374. The van der Waals surface area contributed by atoms with Gasteiger partial charge in [0.15, 0.2) is 0 Å². The minimum absolute atomic E-state index is 0.222. The summed E-state index contributed by atoms with van der Waals surface area (Å²) in [7, 11) is 1.64. The third kappa shape index (κ3) is 4.25. The zero-order valence-electron chi connectivity index (χ0n) is 17.8. The Labute approximate surface area is 185 Å². The fourth-order valence-corrected chi connectivity index (χ4v) is 4.42. The zero-order chi connectivity index (χ0) is 22.0. The van der Waals surface area contributed by atoms with Gasteiger partial charge in [-0.25, -0.2) is 4.98 Å². The first kappa shape index (κ1) is 20.9. The van der Waals surface area contributed by atoms with Crippen LogP contribution in [-0.4, -0.2) is 18.0 Å². The number of thiophene rings is 1. The molecule has 4 rings (SSSR count). The van der Waals surface area contributed by atoms with Gasteiger partial charge in [0.2, 0.25) is 0 Å². The van der Waals surface area contributed by atoms with Gasteiger partial charge in [0.25, 0.3) is 5.91 Å². The van der Waals surface area contributed by atoms with Crippen molar-refractivity contribution in [2.24, 2.45) is 0 Å². The van der Waals surface area contributed by atoms with Crippen LogP contribution in [0.3, 0.4) is 0 Å². The lowest BCUT2D eigenvalue weighted by Crippen LogP contribution is -2.12. The highest BCUT2D eigenvalue weighted by atomic mass is 32.1. The molecule has 0 saturated carbocycles. The van der Waals surface area contributed by atoms with E-state index >= 15 is 0 Å². The van der Waals surface area contributed by atoms with E-state index in [9.17, 15) is 4.79 Å². The minimum atomic E-state index is -0.222. The second kappa shape index (κ2) is 8.78. The van der Waals surface area contributed by atoms with Crippen LogP contribution in [0.1, 0.15) is 41.4 Å². The highest BCUT2D eigenvalue weighted by Crippen LogP contribution is 2.35. The Morgan fingerprint density at radius 1 is 1.16 bits per heavy atom. The first-order chi connectivity index (χ1) is 15.0. The predicted octanol–water partition coefficient (Wildman–Crippen LogP) is 6.32. The molecule has 1 unspecified atom stereocenters. The molecule has 0 spiro atoms. The number of anilines is 2. The fraction of sp³-hybridized carbons (Fsp3) is 0.200. The van der Waals surface area contributed by atoms with Crippen LogP contribution in [0.25, 0.3) is 21.5 Å². The van der Waals surface area contributed by atoms with Crippen molar-refractivity contribution in [1.82, 2.24) is 4.98 Å². The van der Waals surface area contributed by atoms with Gasteiger partial charge < -0.3 is 15.8 Å². The van der Waals surface area contributed by atoms with Gasteiger partial charge in [0, 0.05) is 16.6 Å². The molecule has 0 aliphatic heterocycles. The van der Waals surface area contributed by atoms with Crippen molar-refractivity contribution in [3.05, 3.63) is 71.1 Å². The monoisotopic (exact) mass is 431 g/mol. The Balaban J connectivity index is 1.60. The van der Waals surface area contributed by atoms with Crippen LogP contribution in [-0.2, 0) is 0 Å². The summed E-state index contributed by atoms with van der Waals surface area (Å²) in [5.41, 5.74) is 10.5. The lowest BCUT2D eigenvalue weighted by molar-refractivity contribution is 0.103. The van der Waals surface area contributed by atoms with Gasteiger partial charge in [-0.15, -0.1) is 11.3 Å². The zero-order valence-corrected chi connectivity index (χ0v) is 18.6. The Morgan fingerprint density at radius 3 is 2.65 bits per heavy atom. The Hall–Kier alpha value is -3.38. The normalized spacial score (nSPS) is 12.0. The lowest BCUT2D eigenvalue weighted by Gasteiger charge is -2.10. The van der Waals surface area contributed by atoms with Crippen molar-refractivity contribution < 1.29 is 9.53 Å². The average Bonchev–Trinajstić information content (AvgIpc) is 3.15. The van der Waals surface area contributed by atoms with Crippen LogP contribution < -0.4 is 15.8 Å². The Morgan fingerprint density at radius 2 is 1.94 bits per heavy atom. The first-order valence-corrected chi connectivity index (χ1v) is 11.1. The first-order valence-electron chi connectivity index (χ1n) is 10.2. The number of hydrogen-bond donors (Lipinski definition) is 2. The maximum Gasteiger partial charge on any atom is 0.267 e. The van der Waals surface area contributed by atoms with E-state index in [1.54, 1.807) is 7.11 Å². The van der Waals surface area contributed by atoms with Crippen LogP contribution in [0.15, 0.2) is 60.7 Å². The van der Waals surface area contributed by atoms with E-state index in [0.29, 0.717) is 16.5 Å². The number of pyridine rings is 1. The fourth-order valence-electron chi connectivity index (χ4n) is 3.43. The molecule has 0 aliphatic rings. The summed E-state index contributed by atoms with van der Waals surface area (Å²) in [5.74, 6) is 1.04. The molecule has 0 radical (unpaired) electrons. The number of nitrogens with zero attached hydrogens (tertiary/aromatic N) is 1. The number of nitrogens with one attached hydrogen (secondary N) is 1. The predicted molar refractivity (Wildman–Crippen MR) is 129 cm³/mol. The number of ether oxygens (including phenoxy) is 1. The highest BCUT2D eigenvalue weighted by Gasteiger charge is 2.18. The third-order valence-corrected chi connectivity index (χ3v) is 6.63. The summed E-state index contributed by atoms with van der Waals surface area (Å²) in [6.45, 7) is 4.36. The van der Waals surface area contributed by atoms with E-state index in [1.165, 1.54) is 16.9 Å².